The first-order chi connectivity index (χ1) is 9.57. The van der Waals surface area contributed by atoms with Gasteiger partial charge in [-0.25, -0.2) is 0 Å². The molecule has 20 heavy (non-hydrogen) atoms. The highest BCUT2D eigenvalue weighted by Gasteiger charge is 2.31. The van der Waals surface area contributed by atoms with Crippen molar-refractivity contribution in [1.29, 1.82) is 0 Å². The van der Waals surface area contributed by atoms with Crippen LogP contribution in [0, 0.1) is 15.5 Å². The van der Waals surface area contributed by atoms with Crippen LogP contribution in [0.4, 0.5) is 0 Å². The van der Waals surface area contributed by atoms with E-state index in [0.717, 1.165) is 25.7 Å². The van der Waals surface area contributed by atoms with Crippen LogP contribution in [0.2, 0.25) is 0 Å². The second-order valence-corrected chi connectivity index (χ2v) is 6.28. The van der Waals surface area contributed by atoms with Crippen LogP contribution in [-0.2, 0) is 12.8 Å². The summed E-state index contributed by atoms with van der Waals surface area (Å²) >= 11 is 0. The molecule has 1 aromatic heterocycles. The van der Waals surface area contributed by atoms with Crippen molar-refractivity contribution in [3.05, 3.63) is 45.6 Å². The van der Waals surface area contributed by atoms with Gasteiger partial charge in [-0.05, 0) is 42.7 Å². The number of H-pyrrole nitrogens is 1. The largest absolute Gasteiger partial charge is 0.358 e. The summed E-state index contributed by atoms with van der Waals surface area (Å²) in [5.41, 5.74) is 4.20. The first-order valence-electron chi connectivity index (χ1n) is 7.28. The van der Waals surface area contributed by atoms with Gasteiger partial charge in [0.2, 0.25) is 6.54 Å². The molecule has 0 radical (unpaired) electrons. The lowest BCUT2D eigenvalue weighted by Crippen LogP contribution is -2.26. The number of fused-ring (bicyclic) bond motifs is 3. The minimum Gasteiger partial charge on any atom is -0.358 e. The monoisotopic (exact) mass is 272 g/mol. The summed E-state index contributed by atoms with van der Waals surface area (Å²) in [6.45, 7) is 2.37. The van der Waals surface area contributed by atoms with Crippen LogP contribution in [0.25, 0.3) is 10.9 Å². The molecule has 0 aliphatic heterocycles. The summed E-state index contributed by atoms with van der Waals surface area (Å²) in [4.78, 5) is 13.8. The number of benzene rings is 1. The van der Waals surface area contributed by atoms with Crippen LogP contribution < -0.4 is 0 Å². The molecule has 0 saturated heterocycles. The zero-order chi connectivity index (χ0) is 14.2. The van der Waals surface area contributed by atoms with Crippen LogP contribution in [0.15, 0.2) is 24.3 Å². The summed E-state index contributed by atoms with van der Waals surface area (Å²) in [6, 6.07) is 8.43. The van der Waals surface area contributed by atoms with Crippen molar-refractivity contribution < 1.29 is 4.92 Å². The van der Waals surface area contributed by atoms with Gasteiger partial charge in [0.15, 0.2) is 0 Å². The van der Waals surface area contributed by atoms with E-state index in [1.807, 2.05) is 0 Å². The summed E-state index contributed by atoms with van der Waals surface area (Å²) < 4.78 is 0. The molecule has 1 atom stereocenters. The van der Waals surface area contributed by atoms with Crippen molar-refractivity contribution in [2.24, 2.45) is 5.41 Å². The Kier molecular flexibility index (Phi) is 3.24. The number of hydrogen-bond acceptors (Lipinski definition) is 2. The van der Waals surface area contributed by atoms with Crippen LogP contribution in [0.3, 0.4) is 0 Å². The van der Waals surface area contributed by atoms with E-state index in [9.17, 15) is 10.1 Å². The number of nitrogens with one attached hydrogen (secondary N) is 1. The van der Waals surface area contributed by atoms with E-state index in [1.165, 1.54) is 22.2 Å². The van der Waals surface area contributed by atoms with E-state index < -0.39 is 0 Å². The van der Waals surface area contributed by atoms with Gasteiger partial charge >= 0.3 is 0 Å². The number of aromatic nitrogens is 1. The Labute approximate surface area is 118 Å². The SMILES string of the molecule is CC1(CCC[N+](=O)[O-])CCc2[nH]c3ccccc3c2C1. The molecule has 1 aliphatic carbocycles. The Morgan fingerprint density at radius 2 is 2.20 bits per heavy atom. The Morgan fingerprint density at radius 1 is 1.40 bits per heavy atom. The number of para-hydroxylation sites is 1. The van der Waals surface area contributed by atoms with Gasteiger partial charge in [0.05, 0.1) is 0 Å². The Bertz CT molecular complexity index is 647. The molecule has 3 rings (SSSR count). The molecular formula is C16H20N2O2. The van der Waals surface area contributed by atoms with Crippen molar-refractivity contribution in [3.63, 3.8) is 0 Å². The Balaban J connectivity index is 1.81. The summed E-state index contributed by atoms with van der Waals surface area (Å²) in [7, 11) is 0. The lowest BCUT2D eigenvalue weighted by atomic mass is 9.71. The van der Waals surface area contributed by atoms with Crippen LogP contribution in [-0.4, -0.2) is 16.5 Å². The Morgan fingerprint density at radius 3 is 3.00 bits per heavy atom. The zero-order valence-electron chi connectivity index (χ0n) is 11.8. The topological polar surface area (TPSA) is 58.9 Å². The van der Waals surface area contributed by atoms with Crippen molar-refractivity contribution in [3.8, 4) is 0 Å². The molecule has 1 aliphatic rings. The zero-order valence-corrected chi connectivity index (χ0v) is 11.8. The van der Waals surface area contributed by atoms with Gasteiger partial charge in [-0.1, -0.05) is 25.1 Å². The molecule has 0 amide bonds. The van der Waals surface area contributed by atoms with Crippen LogP contribution in [0.1, 0.15) is 37.4 Å². The normalized spacial score (nSPS) is 21.9. The molecule has 1 unspecified atom stereocenters. The number of nitrogens with zero attached hydrogens (tertiary/aromatic N) is 1. The minimum atomic E-state index is -0.205. The maximum absolute atomic E-state index is 10.5. The quantitative estimate of drug-likeness (QED) is 0.681. The van der Waals surface area contributed by atoms with E-state index in [0.29, 0.717) is 6.42 Å². The average molecular weight is 272 g/mol. The number of hydrogen-bond donors (Lipinski definition) is 1. The molecule has 4 nitrogen and oxygen atoms in total. The molecule has 0 saturated carbocycles. The fourth-order valence-corrected chi connectivity index (χ4v) is 3.46. The van der Waals surface area contributed by atoms with Gasteiger partial charge in [-0.3, -0.25) is 10.1 Å². The minimum absolute atomic E-state index is 0.0936. The van der Waals surface area contributed by atoms with E-state index >= 15 is 0 Å². The van der Waals surface area contributed by atoms with E-state index in [4.69, 9.17) is 0 Å². The molecule has 0 bridgehead atoms. The van der Waals surface area contributed by atoms with Crippen LogP contribution in [0.5, 0.6) is 0 Å². The molecule has 1 aromatic carbocycles. The third kappa shape index (κ3) is 2.42. The van der Waals surface area contributed by atoms with Gasteiger partial charge in [0.25, 0.3) is 0 Å². The second kappa shape index (κ2) is 4.93. The Hall–Kier alpha value is -1.84. The average Bonchev–Trinajstić information content (AvgIpc) is 2.76. The van der Waals surface area contributed by atoms with Gasteiger partial charge in [-0.15, -0.1) is 0 Å². The maximum Gasteiger partial charge on any atom is 0.203 e. The molecule has 106 valence electrons. The first kappa shape index (κ1) is 13.2. The lowest BCUT2D eigenvalue weighted by Gasteiger charge is -2.33. The third-order valence-electron chi connectivity index (χ3n) is 4.61. The van der Waals surface area contributed by atoms with Gasteiger partial charge in [0, 0.05) is 27.9 Å². The van der Waals surface area contributed by atoms with Gasteiger partial charge in [-0.2, -0.15) is 0 Å². The van der Waals surface area contributed by atoms with Crippen molar-refractivity contribution >= 4 is 10.9 Å². The van der Waals surface area contributed by atoms with E-state index in [1.54, 1.807) is 0 Å². The first-order valence-corrected chi connectivity index (χ1v) is 7.28. The molecule has 0 spiro atoms. The molecule has 1 N–H and O–H groups in total. The summed E-state index contributed by atoms with van der Waals surface area (Å²) in [5, 5.41) is 11.8. The summed E-state index contributed by atoms with van der Waals surface area (Å²) in [5.74, 6) is 0. The highest BCUT2D eigenvalue weighted by atomic mass is 16.6. The second-order valence-electron chi connectivity index (χ2n) is 6.28. The highest BCUT2D eigenvalue weighted by Crippen LogP contribution is 2.41. The van der Waals surface area contributed by atoms with E-state index in [-0.39, 0.29) is 16.9 Å². The van der Waals surface area contributed by atoms with Gasteiger partial charge in [0.1, 0.15) is 0 Å². The molecule has 4 heteroatoms. The maximum atomic E-state index is 10.5. The fraction of sp³-hybridized carbons (Fsp3) is 0.500. The molecule has 0 fully saturated rings. The third-order valence-corrected chi connectivity index (χ3v) is 4.61. The number of nitro groups is 1. The molecule has 2 aromatic rings. The van der Waals surface area contributed by atoms with Crippen molar-refractivity contribution in [2.75, 3.05) is 6.54 Å². The molecular weight excluding hydrogens is 252 g/mol. The number of rotatable bonds is 4. The highest BCUT2D eigenvalue weighted by molar-refractivity contribution is 5.84. The number of aryl methyl sites for hydroxylation is 1. The molecule has 1 heterocycles. The van der Waals surface area contributed by atoms with E-state index in [2.05, 4.69) is 36.2 Å². The predicted molar refractivity (Wildman–Crippen MR) is 79.5 cm³/mol. The standard InChI is InChI=1S/C16H20N2O2/c1-16(8-4-10-18(19)20)9-7-15-13(11-16)12-5-2-3-6-14(12)17-15/h2-3,5-6,17H,4,7-11H2,1H3. The smallest absolute Gasteiger partial charge is 0.203 e. The van der Waals surface area contributed by atoms with Crippen molar-refractivity contribution in [2.45, 2.75) is 39.0 Å². The predicted octanol–water partition coefficient (Wildman–Crippen LogP) is 3.72. The number of aromatic amines is 1. The van der Waals surface area contributed by atoms with Gasteiger partial charge < -0.3 is 4.98 Å². The fourth-order valence-electron chi connectivity index (χ4n) is 3.46. The van der Waals surface area contributed by atoms with Crippen molar-refractivity contribution in [1.82, 2.24) is 4.98 Å². The van der Waals surface area contributed by atoms with Crippen LogP contribution >= 0.6 is 0 Å². The lowest BCUT2D eigenvalue weighted by molar-refractivity contribution is -0.480. The summed E-state index contributed by atoms with van der Waals surface area (Å²) in [6.07, 6.45) is 4.82.